The first-order chi connectivity index (χ1) is 8.71. The first-order valence-electron chi connectivity index (χ1n) is 6.67. The molecule has 2 rings (SSSR count). The molecular formula is C16H23NOS. The summed E-state index contributed by atoms with van der Waals surface area (Å²) < 4.78 is 15.4. The van der Waals surface area contributed by atoms with Crippen molar-refractivity contribution in [1.29, 1.82) is 0 Å². The van der Waals surface area contributed by atoms with Crippen LogP contribution in [0.25, 0.3) is 5.57 Å². The number of hydrogen-bond acceptors (Lipinski definition) is 1. The lowest BCUT2D eigenvalue weighted by atomic mass is 9.77. The molecule has 0 bridgehead atoms. The van der Waals surface area contributed by atoms with Crippen molar-refractivity contribution in [3.05, 3.63) is 42.0 Å². The maximum absolute atomic E-state index is 12.3. The predicted octanol–water partition coefficient (Wildman–Crippen LogP) is 3.46. The molecule has 0 saturated carbocycles. The van der Waals surface area contributed by atoms with Gasteiger partial charge in [0.15, 0.2) is 0 Å². The van der Waals surface area contributed by atoms with Crippen LogP contribution in [-0.2, 0) is 17.4 Å². The van der Waals surface area contributed by atoms with Gasteiger partial charge in [-0.2, -0.15) is 0 Å². The largest absolute Gasteiger partial charge is 0.242 e. The SMILES string of the molecule is C=C1C[C@@](C)(N[S@@](=O)C(C)(C)C)Cc2ccccc21. The minimum Gasteiger partial charge on any atom is -0.242 e. The number of hydrogen-bond donors (Lipinski definition) is 1. The van der Waals surface area contributed by atoms with Crippen molar-refractivity contribution >= 4 is 16.6 Å². The van der Waals surface area contributed by atoms with E-state index in [1.165, 1.54) is 11.1 Å². The molecule has 2 nitrogen and oxygen atoms in total. The third kappa shape index (κ3) is 3.15. The van der Waals surface area contributed by atoms with E-state index >= 15 is 0 Å². The molecule has 1 aliphatic carbocycles. The molecule has 0 saturated heterocycles. The molecule has 0 unspecified atom stereocenters. The Labute approximate surface area is 118 Å². The van der Waals surface area contributed by atoms with Crippen LogP contribution >= 0.6 is 0 Å². The van der Waals surface area contributed by atoms with E-state index in [2.05, 4.69) is 36.4 Å². The van der Waals surface area contributed by atoms with Gasteiger partial charge in [-0.1, -0.05) is 30.8 Å². The van der Waals surface area contributed by atoms with E-state index in [-0.39, 0.29) is 10.3 Å². The molecule has 1 aliphatic rings. The Bertz CT molecular complexity index is 530. The Morgan fingerprint density at radius 1 is 1.26 bits per heavy atom. The average Bonchev–Trinajstić information content (AvgIpc) is 2.26. The van der Waals surface area contributed by atoms with E-state index < -0.39 is 11.0 Å². The third-order valence-electron chi connectivity index (χ3n) is 3.48. The topological polar surface area (TPSA) is 29.1 Å². The van der Waals surface area contributed by atoms with E-state index in [0.29, 0.717) is 0 Å². The van der Waals surface area contributed by atoms with Crippen LogP contribution < -0.4 is 4.72 Å². The molecule has 0 aliphatic heterocycles. The van der Waals surface area contributed by atoms with E-state index in [9.17, 15) is 4.21 Å². The minimum atomic E-state index is -1.06. The lowest BCUT2D eigenvalue weighted by Gasteiger charge is -2.38. The zero-order valence-electron chi connectivity index (χ0n) is 12.2. The molecule has 0 amide bonds. The lowest BCUT2D eigenvalue weighted by molar-refractivity contribution is 0.420. The van der Waals surface area contributed by atoms with E-state index in [1.54, 1.807) is 0 Å². The van der Waals surface area contributed by atoms with Gasteiger partial charge in [0.05, 0.1) is 15.7 Å². The Balaban J connectivity index is 2.24. The zero-order valence-corrected chi connectivity index (χ0v) is 13.1. The quantitative estimate of drug-likeness (QED) is 0.881. The normalized spacial score (nSPS) is 24.9. The van der Waals surface area contributed by atoms with Crippen LogP contribution in [0.3, 0.4) is 0 Å². The summed E-state index contributed by atoms with van der Waals surface area (Å²) in [5, 5.41) is 0. The second-order valence-electron chi connectivity index (χ2n) is 6.66. The summed E-state index contributed by atoms with van der Waals surface area (Å²) in [4.78, 5) is 0. The van der Waals surface area contributed by atoms with Crippen LogP contribution in [0.1, 0.15) is 45.2 Å². The van der Waals surface area contributed by atoms with Gasteiger partial charge in [0.25, 0.3) is 0 Å². The van der Waals surface area contributed by atoms with E-state index in [4.69, 9.17) is 0 Å². The second-order valence-corrected chi connectivity index (χ2v) is 8.62. The van der Waals surface area contributed by atoms with Gasteiger partial charge in [0, 0.05) is 5.54 Å². The molecule has 2 atom stereocenters. The highest BCUT2D eigenvalue weighted by molar-refractivity contribution is 7.84. The van der Waals surface area contributed by atoms with Crippen molar-refractivity contribution in [2.45, 2.75) is 50.8 Å². The van der Waals surface area contributed by atoms with Crippen LogP contribution in [-0.4, -0.2) is 14.5 Å². The van der Waals surface area contributed by atoms with Crippen LogP contribution in [0, 0.1) is 0 Å². The van der Waals surface area contributed by atoms with Crippen LogP contribution in [0.5, 0.6) is 0 Å². The molecule has 0 heterocycles. The van der Waals surface area contributed by atoms with Gasteiger partial charge in [0.2, 0.25) is 0 Å². The summed E-state index contributed by atoms with van der Waals surface area (Å²) in [6.07, 6.45) is 1.73. The third-order valence-corrected chi connectivity index (χ3v) is 5.27. The van der Waals surface area contributed by atoms with Crippen LogP contribution in [0.2, 0.25) is 0 Å². The Morgan fingerprint density at radius 2 is 1.89 bits per heavy atom. The Kier molecular flexibility index (Phi) is 3.72. The van der Waals surface area contributed by atoms with Gasteiger partial charge < -0.3 is 0 Å². The van der Waals surface area contributed by atoms with Gasteiger partial charge in [-0.15, -0.1) is 0 Å². The van der Waals surface area contributed by atoms with Crippen molar-refractivity contribution in [2.24, 2.45) is 0 Å². The van der Waals surface area contributed by atoms with Gasteiger partial charge in [-0.3, -0.25) is 0 Å². The van der Waals surface area contributed by atoms with Gasteiger partial charge in [-0.25, -0.2) is 8.93 Å². The molecule has 0 aromatic heterocycles. The first kappa shape index (κ1) is 14.5. The molecule has 3 heteroatoms. The fourth-order valence-corrected chi connectivity index (χ4v) is 3.42. The fraction of sp³-hybridized carbons (Fsp3) is 0.500. The smallest absolute Gasteiger partial charge is 0.0975 e. The first-order valence-corrected chi connectivity index (χ1v) is 7.82. The summed E-state index contributed by atoms with van der Waals surface area (Å²) in [6.45, 7) is 12.3. The predicted molar refractivity (Wildman–Crippen MR) is 83.2 cm³/mol. The van der Waals surface area contributed by atoms with Gasteiger partial charge in [-0.05, 0) is 57.2 Å². The summed E-state index contributed by atoms with van der Waals surface area (Å²) >= 11 is 0. The molecule has 0 radical (unpaired) electrons. The molecule has 19 heavy (non-hydrogen) atoms. The highest BCUT2D eigenvalue weighted by Crippen LogP contribution is 2.35. The molecule has 1 aromatic carbocycles. The minimum absolute atomic E-state index is 0.177. The maximum atomic E-state index is 12.3. The standard InChI is InChI=1S/C16H23NOS/c1-12-10-16(5,17-19(18)15(2,3)4)11-13-8-6-7-9-14(12)13/h6-9,17H,1,10-11H2,2-5H3/t16-,19+/m1/s1. The molecule has 104 valence electrons. The molecular weight excluding hydrogens is 254 g/mol. The van der Waals surface area contributed by atoms with Gasteiger partial charge >= 0.3 is 0 Å². The lowest BCUT2D eigenvalue weighted by Crippen LogP contribution is -2.51. The van der Waals surface area contributed by atoms with Crippen molar-refractivity contribution in [3.63, 3.8) is 0 Å². The molecule has 1 aromatic rings. The highest BCUT2D eigenvalue weighted by Gasteiger charge is 2.35. The van der Waals surface area contributed by atoms with Crippen LogP contribution in [0.4, 0.5) is 0 Å². The summed E-state index contributed by atoms with van der Waals surface area (Å²) in [6, 6.07) is 8.36. The Hall–Kier alpha value is -0.930. The monoisotopic (exact) mass is 277 g/mol. The van der Waals surface area contributed by atoms with E-state index in [1.807, 2.05) is 26.8 Å². The summed E-state index contributed by atoms with van der Waals surface area (Å²) in [5.41, 5.74) is 3.49. The average molecular weight is 277 g/mol. The van der Waals surface area contributed by atoms with Crippen molar-refractivity contribution in [1.82, 2.24) is 4.72 Å². The summed E-state index contributed by atoms with van der Waals surface area (Å²) in [5.74, 6) is 0. The zero-order chi connectivity index (χ0) is 14.3. The Morgan fingerprint density at radius 3 is 2.53 bits per heavy atom. The van der Waals surface area contributed by atoms with Gasteiger partial charge in [0.1, 0.15) is 0 Å². The molecule has 0 fully saturated rings. The van der Waals surface area contributed by atoms with Crippen molar-refractivity contribution in [3.8, 4) is 0 Å². The fourth-order valence-electron chi connectivity index (χ4n) is 2.52. The van der Waals surface area contributed by atoms with E-state index in [0.717, 1.165) is 18.4 Å². The second kappa shape index (κ2) is 4.88. The number of nitrogens with one attached hydrogen (secondary N) is 1. The number of rotatable bonds is 2. The van der Waals surface area contributed by atoms with Crippen molar-refractivity contribution < 1.29 is 4.21 Å². The molecule has 1 N–H and O–H groups in total. The number of benzene rings is 1. The van der Waals surface area contributed by atoms with Crippen LogP contribution in [0.15, 0.2) is 30.8 Å². The highest BCUT2D eigenvalue weighted by atomic mass is 32.2. The molecule has 0 spiro atoms. The van der Waals surface area contributed by atoms with Crippen molar-refractivity contribution in [2.75, 3.05) is 0 Å². The maximum Gasteiger partial charge on any atom is 0.0975 e. The summed E-state index contributed by atoms with van der Waals surface area (Å²) in [7, 11) is -1.06. The number of fused-ring (bicyclic) bond motifs is 1.